The molecular formula is C10H20ClNO2. The number of nitrogens with one attached hydrogen (secondary N) is 1. The molecular weight excluding hydrogens is 202 g/mol. The first kappa shape index (κ1) is 13.7. The van der Waals surface area contributed by atoms with E-state index < -0.39 is 0 Å². The summed E-state index contributed by atoms with van der Waals surface area (Å²) in [7, 11) is 1.46. The van der Waals surface area contributed by atoms with Crippen molar-refractivity contribution >= 4 is 18.4 Å². The molecule has 14 heavy (non-hydrogen) atoms. The maximum Gasteiger partial charge on any atom is 0.323 e. The lowest BCUT2D eigenvalue weighted by Crippen LogP contribution is -2.47. The largest absolute Gasteiger partial charge is 0.468 e. The SMILES string of the molecule is CCCC1CCCNC1C(=O)OC.Cl. The highest BCUT2D eigenvalue weighted by molar-refractivity contribution is 5.85. The molecule has 1 N–H and O–H groups in total. The lowest BCUT2D eigenvalue weighted by atomic mass is 9.87. The summed E-state index contributed by atoms with van der Waals surface area (Å²) in [5, 5.41) is 3.23. The van der Waals surface area contributed by atoms with Gasteiger partial charge in [0.15, 0.2) is 0 Å². The molecule has 84 valence electrons. The number of hydrogen-bond donors (Lipinski definition) is 1. The van der Waals surface area contributed by atoms with Crippen molar-refractivity contribution in [1.82, 2.24) is 5.32 Å². The summed E-state index contributed by atoms with van der Waals surface area (Å²) in [5.41, 5.74) is 0. The Balaban J connectivity index is 0.00000169. The zero-order chi connectivity index (χ0) is 9.68. The number of esters is 1. The van der Waals surface area contributed by atoms with Gasteiger partial charge in [-0.05, 0) is 31.7 Å². The Kier molecular flexibility index (Phi) is 6.93. The van der Waals surface area contributed by atoms with Gasteiger partial charge in [0.05, 0.1) is 7.11 Å². The van der Waals surface area contributed by atoms with Crippen molar-refractivity contribution in [3.8, 4) is 0 Å². The van der Waals surface area contributed by atoms with Crippen LogP contribution in [0.15, 0.2) is 0 Å². The molecule has 1 aliphatic heterocycles. The Morgan fingerprint density at radius 2 is 2.29 bits per heavy atom. The van der Waals surface area contributed by atoms with E-state index in [2.05, 4.69) is 12.2 Å². The monoisotopic (exact) mass is 221 g/mol. The van der Waals surface area contributed by atoms with Gasteiger partial charge in [0.2, 0.25) is 0 Å². The van der Waals surface area contributed by atoms with Crippen LogP contribution in [0.1, 0.15) is 32.6 Å². The van der Waals surface area contributed by atoms with Gasteiger partial charge >= 0.3 is 5.97 Å². The second kappa shape index (κ2) is 7.07. The van der Waals surface area contributed by atoms with Crippen LogP contribution in [0.3, 0.4) is 0 Å². The van der Waals surface area contributed by atoms with Crippen LogP contribution in [0.4, 0.5) is 0 Å². The van der Waals surface area contributed by atoms with Crippen LogP contribution in [-0.4, -0.2) is 25.7 Å². The van der Waals surface area contributed by atoms with Crippen LogP contribution < -0.4 is 5.32 Å². The van der Waals surface area contributed by atoms with Gasteiger partial charge in [-0.1, -0.05) is 13.3 Å². The van der Waals surface area contributed by atoms with Crippen molar-refractivity contribution in [3.63, 3.8) is 0 Å². The minimum Gasteiger partial charge on any atom is -0.468 e. The molecule has 0 aromatic carbocycles. The van der Waals surface area contributed by atoms with Crippen LogP contribution >= 0.6 is 12.4 Å². The number of carbonyl (C=O) groups excluding carboxylic acids is 1. The quantitative estimate of drug-likeness (QED) is 0.738. The summed E-state index contributed by atoms with van der Waals surface area (Å²) in [4.78, 5) is 11.4. The first-order chi connectivity index (χ1) is 6.29. The molecule has 0 aromatic heterocycles. The highest BCUT2D eigenvalue weighted by Gasteiger charge is 2.30. The Bertz CT molecular complexity index is 174. The average Bonchev–Trinajstić information content (AvgIpc) is 2.18. The minimum atomic E-state index is -0.0989. The molecule has 0 amide bonds. The first-order valence-corrected chi connectivity index (χ1v) is 5.10. The third kappa shape index (κ3) is 3.46. The number of carbonyl (C=O) groups is 1. The van der Waals surface area contributed by atoms with Crippen LogP contribution in [0.25, 0.3) is 0 Å². The molecule has 0 saturated carbocycles. The zero-order valence-corrected chi connectivity index (χ0v) is 9.73. The normalized spacial score (nSPS) is 26.4. The third-order valence-electron chi connectivity index (χ3n) is 2.70. The summed E-state index contributed by atoms with van der Waals surface area (Å²) in [6, 6.07) is -0.0568. The zero-order valence-electron chi connectivity index (χ0n) is 8.91. The van der Waals surface area contributed by atoms with E-state index in [1.54, 1.807) is 0 Å². The van der Waals surface area contributed by atoms with Crippen molar-refractivity contribution in [2.24, 2.45) is 5.92 Å². The molecule has 0 aliphatic carbocycles. The van der Waals surface area contributed by atoms with Crippen molar-refractivity contribution in [2.45, 2.75) is 38.6 Å². The molecule has 2 atom stereocenters. The van der Waals surface area contributed by atoms with Crippen LogP contribution in [0.5, 0.6) is 0 Å². The molecule has 1 saturated heterocycles. The van der Waals surface area contributed by atoms with E-state index in [0.29, 0.717) is 5.92 Å². The predicted molar refractivity (Wildman–Crippen MR) is 58.7 cm³/mol. The Morgan fingerprint density at radius 1 is 1.57 bits per heavy atom. The number of halogens is 1. The number of hydrogen-bond acceptors (Lipinski definition) is 3. The fourth-order valence-electron chi connectivity index (χ4n) is 2.04. The fourth-order valence-corrected chi connectivity index (χ4v) is 2.04. The van der Waals surface area contributed by atoms with E-state index in [1.165, 1.54) is 13.5 Å². The highest BCUT2D eigenvalue weighted by atomic mass is 35.5. The standard InChI is InChI=1S/C10H19NO2.ClH/c1-3-5-8-6-4-7-11-9(8)10(12)13-2;/h8-9,11H,3-7H2,1-2H3;1H. The Labute approximate surface area is 92.0 Å². The predicted octanol–water partition coefficient (Wildman–Crippen LogP) is 1.75. The van der Waals surface area contributed by atoms with Gasteiger partial charge in [0, 0.05) is 0 Å². The van der Waals surface area contributed by atoms with Crippen molar-refractivity contribution in [1.29, 1.82) is 0 Å². The van der Waals surface area contributed by atoms with Crippen molar-refractivity contribution < 1.29 is 9.53 Å². The van der Waals surface area contributed by atoms with E-state index in [4.69, 9.17) is 4.74 Å². The fraction of sp³-hybridized carbons (Fsp3) is 0.900. The molecule has 0 spiro atoms. The van der Waals surface area contributed by atoms with Gasteiger partial charge in [0.1, 0.15) is 6.04 Å². The van der Waals surface area contributed by atoms with Gasteiger partial charge in [-0.3, -0.25) is 4.79 Å². The second-order valence-corrected chi connectivity index (χ2v) is 3.65. The van der Waals surface area contributed by atoms with Crippen molar-refractivity contribution in [3.05, 3.63) is 0 Å². The first-order valence-electron chi connectivity index (χ1n) is 5.10. The van der Waals surface area contributed by atoms with Crippen LogP contribution in [0, 0.1) is 5.92 Å². The molecule has 0 aromatic rings. The minimum absolute atomic E-state index is 0. The third-order valence-corrected chi connectivity index (χ3v) is 2.70. The Morgan fingerprint density at radius 3 is 2.86 bits per heavy atom. The van der Waals surface area contributed by atoms with Crippen molar-refractivity contribution in [2.75, 3.05) is 13.7 Å². The number of rotatable bonds is 3. The van der Waals surface area contributed by atoms with E-state index in [1.807, 2.05) is 0 Å². The number of ether oxygens (including phenoxy) is 1. The maximum absolute atomic E-state index is 11.4. The van der Waals surface area contributed by atoms with Gasteiger partial charge in [-0.25, -0.2) is 0 Å². The number of piperidine rings is 1. The van der Waals surface area contributed by atoms with E-state index in [-0.39, 0.29) is 24.4 Å². The molecule has 1 fully saturated rings. The van der Waals surface area contributed by atoms with Crippen LogP contribution in [0.2, 0.25) is 0 Å². The summed E-state index contributed by atoms with van der Waals surface area (Å²) >= 11 is 0. The summed E-state index contributed by atoms with van der Waals surface area (Å²) in [6.45, 7) is 3.10. The summed E-state index contributed by atoms with van der Waals surface area (Å²) in [6.07, 6.45) is 4.59. The van der Waals surface area contributed by atoms with Gasteiger partial charge in [0.25, 0.3) is 0 Å². The van der Waals surface area contributed by atoms with Gasteiger partial charge in [-0.2, -0.15) is 0 Å². The molecule has 0 radical (unpaired) electrons. The van der Waals surface area contributed by atoms with Gasteiger partial charge < -0.3 is 10.1 Å². The topological polar surface area (TPSA) is 38.3 Å². The van der Waals surface area contributed by atoms with Gasteiger partial charge in [-0.15, -0.1) is 12.4 Å². The molecule has 2 unspecified atom stereocenters. The van der Waals surface area contributed by atoms with E-state index >= 15 is 0 Å². The molecule has 0 bridgehead atoms. The molecule has 4 heteroatoms. The maximum atomic E-state index is 11.4. The number of methoxy groups -OCH3 is 1. The van der Waals surface area contributed by atoms with Crippen LogP contribution in [-0.2, 0) is 9.53 Å². The summed E-state index contributed by atoms with van der Waals surface area (Å²) < 4.78 is 4.76. The molecule has 1 aliphatic rings. The lowest BCUT2D eigenvalue weighted by Gasteiger charge is -2.30. The summed E-state index contributed by atoms with van der Waals surface area (Å²) in [5.74, 6) is 0.379. The Hall–Kier alpha value is -0.280. The second-order valence-electron chi connectivity index (χ2n) is 3.65. The molecule has 3 nitrogen and oxygen atoms in total. The molecule has 1 rings (SSSR count). The average molecular weight is 222 g/mol. The van der Waals surface area contributed by atoms with E-state index in [0.717, 1.165) is 25.8 Å². The molecule has 1 heterocycles. The lowest BCUT2D eigenvalue weighted by molar-refractivity contribution is -0.145. The van der Waals surface area contributed by atoms with E-state index in [9.17, 15) is 4.79 Å². The smallest absolute Gasteiger partial charge is 0.323 e. The highest BCUT2D eigenvalue weighted by Crippen LogP contribution is 2.22.